The molecular formula is C18H13F4N3O. The lowest BCUT2D eigenvalue weighted by molar-refractivity contribution is -0.137. The molecule has 0 aliphatic rings. The molecule has 134 valence electrons. The Kier molecular flexibility index (Phi) is 4.41. The predicted molar refractivity (Wildman–Crippen MR) is 90.0 cm³/mol. The SMILES string of the molecule is Nc1cc(-c2cccnc2Oc2ccc(C(F)(F)F)cc2)cc(F)c1N. The molecule has 0 saturated heterocycles. The molecule has 8 heteroatoms. The molecule has 0 saturated carbocycles. The van der Waals surface area contributed by atoms with Gasteiger partial charge in [0.15, 0.2) is 0 Å². The Morgan fingerprint density at radius 2 is 1.65 bits per heavy atom. The summed E-state index contributed by atoms with van der Waals surface area (Å²) in [6.45, 7) is 0. The Morgan fingerprint density at radius 3 is 2.27 bits per heavy atom. The van der Waals surface area contributed by atoms with Gasteiger partial charge < -0.3 is 16.2 Å². The van der Waals surface area contributed by atoms with Gasteiger partial charge in [0, 0.05) is 11.8 Å². The molecule has 3 aromatic rings. The van der Waals surface area contributed by atoms with Gasteiger partial charge in [0.1, 0.15) is 11.6 Å². The molecule has 0 radical (unpaired) electrons. The lowest BCUT2D eigenvalue weighted by Crippen LogP contribution is -2.04. The number of nitrogens with zero attached hydrogens (tertiary/aromatic N) is 1. The van der Waals surface area contributed by atoms with Crippen LogP contribution in [0.1, 0.15) is 5.56 Å². The van der Waals surface area contributed by atoms with E-state index in [4.69, 9.17) is 16.2 Å². The fourth-order valence-electron chi connectivity index (χ4n) is 2.31. The van der Waals surface area contributed by atoms with Gasteiger partial charge in [0.25, 0.3) is 0 Å². The van der Waals surface area contributed by atoms with Gasteiger partial charge in [0.2, 0.25) is 5.88 Å². The minimum Gasteiger partial charge on any atom is -0.438 e. The molecule has 0 fully saturated rings. The third kappa shape index (κ3) is 3.53. The summed E-state index contributed by atoms with van der Waals surface area (Å²) in [5, 5.41) is 0. The van der Waals surface area contributed by atoms with Crippen molar-refractivity contribution in [1.29, 1.82) is 0 Å². The zero-order valence-electron chi connectivity index (χ0n) is 13.2. The number of anilines is 2. The fraction of sp³-hybridized carbons (Fsp3) is 0.0556. The predicted octanol–water partition coefficient (Wildman–Crippen LogP) is 4.86. The summed E-state index contributed by atoms with van der Waals surface area (Å²) in [7, 11) is 0. The Morgan fingerprint density at radius 1 is 0.962 bits per heavy atom. The lowest BCUT2D eigenvalue weighted by Gasteiger charge is -2.12. The summed E-state index contributed by atoms with van der Waals surface area (Å²) in [6, 6.07) is 10.0. The largest absolute Gasteiger partial charge is 0.438 e. The Balaban J connectivity index is 1.96. The third-order valence-corrected chi connectivity index (χ3v) is 3.64. The van der Waals surface area contributed by atoms with Crippen LogP contribution in [0.3, 0.4) is 0 Å². The minimum atomic E-state index is -4.44. The molecule has 0 aliphatic carbocycles. The van der Waals surface area contributed by atoms with Crippen LogP contribution in [0.5, 0.6) is 11.6 Å². The normalized spacial score (nSPS) is 11.4. The lowest BCUT2D eigenvalue weighted by atomic mass is 10.1. The van der Waals surface area contributed by atoms with Crippen molar-refractivity contribution in [1.82, 2.24) is 4.98 Å². The average Bonchev–Trinajstić information content (AvgIpc) is 2.59. The number of aromatic nitrogens is 1. The number of halogens is 4. The second kappa shape index (κ2) is 6.55. The fourth-order valence-corrected chi connectivity index (χ4v) is 2.31. The molecule has 3 rings (SSSR count). The van der Waals surface area contributed by atoms with Crippen LogP contribution < -0.4 is 16.2 Å². The second-order valence-electron chi connectivity index (χ2n) is 5.44. The van der Waals surface area contributed by atoms with Crippen LogP contribution in [0.25, 0.3) is 11.1 Å². The van der Waals surface area contributed by atoms with E-state index in [-0.39, 0.29) is 23.0 Å². The number of benzene rings is 2. The van der Waals surface area contributed by atoms with E-state index in [1.807, 2.05) is 0 Å². The highest BCUT2D eigenvalue weighted by Crippen LogP contribution is 2.36. The summed E-state index contributed by atoms with van der Waals surface area (Å²) in [5.74, 6) is -0.443. The molecule has 1 aromatic heterocycles. The Bertz CT molecular complexity index is 917. The summed E-state index contributed by atoms with van der Waals surface area (Å²) < 4.78 is 57.3. The van der Waals surface area contributed by atoms with Crippen molar-refractivity contribution in [2.24, 2.45) is 0 Å². The van der Waals surface area contributed by atoms with Crippen molar-refractivity contribution >= 4 is 11.4 Å². The van der Waals surface area contributed by atoms with E-state index >= 15 is 0 Å². The van der Waals surface area contributed by atoms with Crippen molar-refractivity contribution in [2.75, 3.05) is 11.5 Å². The first-order valence-corrected chi connectivity index (χ1v) is 7.40. The van der Waals surface area contributed by atoms with Gasteiger partial charge in [-0.1, -0.05) is 0 Å². The molecule has 4 nitrogen and oxygen atoms in total. The van der Waals surface area contributed by atoms with Gasteiger partial charge in [-0.15, -0.1) is 0 Å². The first-order valence-electron chi connectivity index (χ1n) is 7.40. The van der Waals surface area contributed by atoms with Crippen LogP contribution in [0.2, 0.25) is 0 Å². The average molecular weight is 363 g/mol. The summed E-state index contributed by atoms with van der Waals surface area (Å²) >= 11 is 0. The van der Waals surface area contributed by atoms with Crippen molar-refractivity contribution in [2.45, 2.75) is 6.18 Å². The van der Waals surface area contributed by atoms with Gasteiger partial charge >= 0.3 is 6.18 Å². The first-order chi connectivity index (χ1) is 12.3. The zero-order chi connectivity index (χ0) is 18.9. The standard InChI is InChI=1S/C18H13F4N3O/c19-14-8-10(9-15(23)16(14)24)13-2-1-7-25-17(13)26-12-5-3-11(4-6-12)18(20,21)22/h1-9H,23-24H2. The van der Waals surface area contributed by atoms with Crippen LogP contribution in [0, 0.1) is 5.82 Å². The van der Waals surface area contributed by atoms with Crippen LogP contribution in [-0.2, 0) is 6.18 Å². The van der Waals surface area contributed by atoms with Crippen molar-refractivity contribution < 1.29 is 22.3 Å². The second-order valence-corrected chi connectivity index (χ2v) is 5.44. The van der Waals surface area contributed by atoms with E-state index < -0.39 is 17.6 Å². The smallest absolute Gasteiger partial charge is 0.416 e. The molecule has 0 amide bonds. The maximum absolute atomic E-state index is 13.9. The van der Waals surface area contributed by atoms with E-state index in [0.717, 1.165) is 12.1 Å². The van der Waals surface area contributed by atoms with Crippen LogP contribution in [0.15, 0.2) is 54.7 Å². The molecule has 2 aromatic carbocycles. The summed E-state index contributed by atoms with van der Waals surface area (Å²) in [5.41, 5.74) is 11.1. The van der Waals surface area contributed by atoms with Gasteiger partial charge in [-0.3, -0.25) is 0 Å². The highest BCUT2D eigenvalue weighted by molar-refractivity contribution is 5.77. The number of nitrogen functional groups attached to an aromatic ring is 2. The van der Waals surface area contributed by atoms with E-state index in [1.54, 1.807) is 12.1 Å². The molecule has 0 spiro atoms. The molecule has 0 aliphatic heterocycles. The number of alkyl halides is 3. The molecule has 0 atom stereocenters. The van der Waals surface area contributed by atoms with E-state index in [9.17, 15) is 17.6 Å². The quantitative estimate of drug-likeness (QED) is 0.515. The van der Waals surface area contributed by atoms with Gasteiger partial charge in [-0.25, -0.2) is 9.37 Å². The first kappa shape index (κ1) is 17.5. The van der Waals surface area contributed by atoms with Gasteiger partial charge in [-0.05, 0) is 54.1 Å². The van der Waals surface area contributed by atoms with E-state index in [1.165, 1.54) is 30.5 Å². The van der Waals surface area contributed by atoms with Crippen LogP contribution in [-0.4, -0.2) is 4.98 Å². The summed E-state index contributed by atoms with van der Waals surface area (Å²) in [4.78, 5) is 4.06. The number of rotatable bonds is 3. The van der Waals surface area contributed by atoms with E-state index in [2.05, 4.69) is 4.98 Å². The minimum absolute atomic E-state index is 0.0596. The molecule has 0 unspecified atom stereocenters. The monoisotopic (exact) mass is 363 g/mol. The number of pyridine rings is 1. The van der Waals surface area contributed by atoms with Crippen molar-refractivity contribution in [3.8, 4) is 22.8 Å². The number of hydrogen-bond donors (Lipinski definition) is 2. The highest BCUT2D eigenvalue weighted by Gasteiger charge is 2.30. The van der Waals surface area contributed by atoms with Crippen LogP contribution in [0.4, 0.5) is 28.9 Å². The van der Waals surface area contributed by atoms with Crippen molar-refractivity contribution in [3.05, 3.63) is 66.1 Å². The molecular weight excluding hydrogens is 350 g/mol. The Labute approximate surface area is 146 Å². The Hall–Kier alpha value is -3.29. The molecule has 26 heavy (non-hydrogen) atoms. The van der Waals surface area contributed by atoms with Gasteiger partial charge in [-0.2, -0.15) is 13.2 Å². The third-order valence-electron chi connectivity index (χ3n) is 3.64. The topological polar surface area (TPSA) is 74.2 Å². The number of nitrogens with two attached hydrogens (primary N) is 2. The van der Waals surface area contributed by atoms with Crippen molar-refractivity contribution in [3.63, 3.8) is 0 Å². The molecule has 1 heterocycles. The highest BCUT2D eigenvalue weighted by atomic mass is 19.4. The maximum Gasteiger partial charge on any atom is 0.416 e. The van der Waals surface area contributed by atoms with Crippen LogP contribution >= 0.6 is 0 Å². The maximum atomic E-state index is 13.9. The number of ether oxygens (including phenoxy) is 1. The summed E-state index contributed by atoms with van der Waals surface area (Å²) in [6.07, 6.45) is -2.99. The van der Waals surface area contributed by atoms with E-state index in [0.29, 0.717) is 11.1 Å². The molecule has 4 N–H and O–H groups in total. The van der Waals surface area contributed by atoms with Gasteiger partial charge in [0.05, 0.1) is 16.9 Å². The molecule has 0 bridgehead atoms. The zero-order valence-corrected chi connectivity index (χ0v) is 13.2. The number of hydrogen-bond acceptors (Lipinski definition) is 4.